The number of halogens is 6. The molecule has 2 aliphatic rings. The van der Waals surface area contributed by atoms with Gasteiger partial charge in [0, 0.05) is 35.7 Å². The minimum absolute atomic E-state index is 0.0455. The first kappa shape index (κ1) is 38.6. The standard InChI is InChI=1S/C37H33Cl2F4N7O4S/c1-36(2,52)12-11-21-5-6-22(23-8-10-26(38)30-32(23)49(3)47-35(30)48-55(4,53)54)31(44-21)27(15-18-13-19(40)16-20(41)14-18)45-28(51)17-50-34(39)29-24-7-9-25(24)37(42,43)33(29)46-50/h5-6,8,10,13-14,16,24-25,27,52H,7,9,15,17H2,1-4H3,(H,45,51)(H,47,48). The van der Waals surface area contributed by atoms with Crippen LogP contribution in [0.1, 0.15) is 66.9 Å². The van der Waals surface area contributed by atoms with Gasteiger partial charge in [-0.3, -0.25) is 14.2 Å². The minimum Gasteiger partial charge on any atom is -0.378 e. The van der Waals surface area contributed by atoms with Crippen LogP contribution in [0, 0.1) is 29.4 Å². The zero-order valence-electron chi connectivity index (χ0n) is 29.7. The van der Waals surface area contributed by atoms with Crippen molar-refractivity contribution in [3.63, 3.8) is 0 Å². The number of anilines is 1. The fraction of sp³-hybridized carbons (Fsp3) is 0.351. The molecule has 0 aliphatic heterocycles. The number of alkyl halides is 2. The van der Waals surface area contributed by atoms with E-state index in [-0.39, 0.29) is 50.3 Å². The fourth-order valence-electron chi connectivity index (χ4n) is 7.24. The molecule has 1 fully saturated rings. The summed E-state index contributed by atoms with van der Waals surface area (Å²) in [5.41, 5.74) is -0.0372. The molecule has 3 heterocycles. The molecule has 3 aromatic heterocycles. The highest BCUT2D eigenvalue weighted by Crippen LogP contribution is 2.63. The van der Waals surface area contributed by atoms with Crippen LogP contribution in [0.2, 0.25) is 10.2 Å². The number of carbonyl (C=O) groups excluding carboxylic acids is 1. The maximum Gasteiger partial charge on any atom is 0.295 e. The maximum atomic E-state index is 15.1. The number of aromatic nitrogens is 5. The Bertz CT molecular complexity index is 2560. The number of carbonyl (C=O) groups is 1. The summed E-state index contributed by atoms with van der Waals surface area (Å²) >= 11 is 13.2. The first-order valence-electron chi connectivity index (χ1n) is 17.0. The van der Waals surface area contributed by atoms with E-state index in [4.69, 9.17) is 28.2 Å². The van der Waals surface area contributed by atoms with Gasteiger partial charge in [-0.2, -0.15) is 19.0 Å². The van der Waals surface area contributed by atoms with E-state index in [1.807, 2.05) is 0 Å². The Morgan fingerprint density at radius 1 is 1.09 bits per heavy atom. The summed E-state index contributed by atoms with van der Waals surface area (Å²) in [5.74, 6) is -1.55. The second-order valence-electron chi connectivity index (χ2n) is 14.3. The number of benzene rings is 2. The van der Waals surface area contributed by atoms with Crippen molar-refractivity contribution in [2.75, 3.05) is 11.0 Å². The summed E-state index contributed by atoms with van der Waals surface area (Å²) in [7, 11) is -2.22. The van der Waals surface area contributed by atoms with E-state index in [2.05, 4.69) is 32.1 Å². The van der Waals surface area contributed by atoms with E-state index in [1.165, 1.54) is 24.6 Å². The zero-order valence-corrected chi connectivity index (χ0v) is 32.0. The van der Waals surface area contributed by atoms with Crippen molar-refractivity contribution >= 4 is 55.9 Å². The molecule has 0 spiro atoms. The maximum absolute atomic E-state index is 15.1. The Morgan fingerprint density at radius 3 is 2.42 bits per heavy atom. The third kappa shape index (κ3) is 7.50. The van der Waals surface area contributed by atoms with Gasteiger partial charge < -0.3 is 10.4 Å². The molecule has 0 bridgehead atoms. The number of rotatable bonds is 9. The average molecular weight is 819 g/mol. The van der Waals surface area contributed by atoms with Gasteiger partial charge in [-0.1, -0.05) is 35.2 Å². The van der Waals surface area contributed by atoms with Gasteiger partial charge in [-0.25, -0.2) is 26.9 Å². The number of pyridine rings is 1. The molecule has 5 aromatic rings. The number of amides is 1. The summed E-state index contributed by atoms with van der Waals surface area (Å²) < 4.78 is 88.6. The van der Waals surface area contributed by atoms with Crippen molar-refractivity contribution in [3.05, 3.63) is 92.5 Å². The van der Waals surface area contributed by atoms with Crippen LogP contribution in [-0.4, -0.2) is 55.8 Å². The molecule has 3 unspecified atom stereocenters. The molecule has 1 amide bonds. The highest BCUT2D eigenvalue weighted by molar-refractivity contribution is 7.92. The van der Waals surface area contributed by atoms with Crippen molar-refractivity contribution in [3.8, 4) is 23.0 Å². The van der Waals surface area contributed by atoms with Gasteiger partial charge in [0.15, 0.2) is 5.82 Å². The van der Waals surface area contributed by atoms with Crippen molar-refractivity contribution in [1.29, 1.82) is 0 Å². The van der Waals surface area contributed by atoms with Crippen LogP contribution >= 0.6 is 23.2 Å². The van der Waals surface area contributed by atoms with Crippen molar-refractivity contribution in [2.45, 2.75) is 63.1 Å². The van der Waals surface area contributed by atoms with E-state index in [0.717, 1.165) is 23.1 Å². The molecule has 3 N–H and O–H groups in total. The molecular weight excluding hydrogens is 785 g/mol. The first-order chi connectivity index (χ1) is 25.7. The molecule has 2 aromatic carbocycles. The molecule has 18 heteroatoms. The number of aryl methyl sites for hydroxylation is 1. The molecule has 55 heavy (non-hydrogen) atoms. The van der Waals surface area contributed by atoms with Gasteiger partial charge in [-0.05, 0) is 80.8 Å². The molecule has 2 aliphatic carbocycles. The number of fused-ring (bicyclic) bond motifs is 4. The van der Waals surface area contributed by atoms with Gasteiger partial charge in [0.1, 0.15) is 40.3 Å². The van der Waals surface area contributed by atoms with Crippen LogP contribution in [0.4, 0.5) is 23.4 Å². The molecule has 7 rings (SSSR count). The lowest BCUT2D eigenvalue weighted by Crippen LogP contribution is -2.35. The molecule has 0 radical (unpaired) electrons. The van der Waals surface area contributed by atoms with Crippen LogP contribution in [0.15, 0.2) is 42.5 Å². The topological polar surface area (TPSA) is 144 Å². The van der Waals surface area contributed by atoms with E-state index >= 15 is 8.78 Å². The monoisotopic (exact) mass is 817 g/mol. The Labute approximate surface area is 323 Å². The predicted octanol–water partition coefficient (Wildman–Crippen LogP) is 6.61. The van der Waals surface area contributed by atoms with Crippen molar-refractivity contribution < 1.29 is 35.9 Å². The van der Waals surface area contributed by atoms with Crippen LogP contribution in [0.5, 0.6) is 0 Å². The van der Waals surface area contributed by atoms with Crippen molar-refractivity contribution in [2.24, 2.45) is 13.0 Å². The third-order valence-corrected chi connectivity index (χ3v) is 10.9. The Balaban J connectivity index is 1.37. The quantitative estimate of drug-likeness (QED) is 0.112. The number of sulfonamides is 1. The summed E-state index contributed by atoms with van der Waals surface area (Å²) in [6.45, 7) is 2.38. The summed E-state index contributed by atoms with van der Waals surface area (Å²) in [4.78, 5) is 18.7. The van der Waals surface area contributed by atoms with E-state index in [1.54, 1.807) is 25.2 Å². The lowest BCUT2D eigenvalue weighted by Gasteiger charge is -2.34. The lowest BCUT2D eigenvalue weighted by molar-refractivity contribution is -0.122. The minimum atomic E-state index is -3.79. The van der Waals surface area contributed by atoms with E-state index in [0.29, 0.717) is 35.6 Å². The molecule has 288 valence electrons. The van der Waals surface area contributed by atoms with Gasteiger partial charge >= 0.3 is 0 Å². The van der Waals surface area contributed by atoms with Gasteiger partial charge in [-0.15, -0.1) is 0 Å². The number of nitrogens with one attached hydrogen (secondary N) is 2. The zero-order chi connectivity index (χ0) is 39.8. The van der Waals surface area contributed by atoms with E-state index < -0.39 is 69.2 Å². The van der Waals surface area contributed by atoms with Gasteiger partial charge in [0.25, 0.3) is 5.92 Å². The SMILES string of the molecule is Cn1nc(NS(C)(=O)=O)c2c(Cl)ccc(-c3ccc(C#CC(C)(C)O)nc3C(Cc3cc(F)cc(F)c3)NC(=O)Cn3nc4c(c3Cl)C3CCC3C4(F)F)c21. The smallest absolute Gasteiger partial charge is 0.295 e. The summed E-state index contributed by atoms with van der Waals surface area (Å²) in [5, 5.41) is 21.9. The van der Waals surface area contributed by atoms with Crippen LogP contribution in [0.3, 0.4) is 0 Å². The first-order valence-corrected chi connectivity index (χ1v) is 19.6. The van der Waals surface area contributed by atoms with E-state index in [9.17, 15) is 27.1 Å². The van der Waals surface area contributed by atoms with Crippen LogP contribution in [0.25, 0.3) is 22.0 Å². The third-order valence-electron chi connectivity index (χ3n) is 9.60. The summed E-state index contributed by atoms with van der Waals surface area (Å²) in [6.07, 6.45) is 1.61. The summed E-state index contributed by atoms with van der Waals surface area (Å²) in [6, 6.07) is 8.07. The number of nitrogens with zero attached hydrogens (tertiary/aromatic N) is 5. The molecule has 3 atom stereocenters. The highest BCUT2D eigenvalue weighted by atomic mass is 35.5. The second-order valence-corrected chi connectivity index (χ2v) is 16.8. The number of hydrogen-bond acceptors (Lipinski definition) is 7. The molecule has 0 saturated heterocycles. The number of aliphatic hydroxyl groups is 1. The normalized spacial score (nSPS) is 17.9. The molecule has 11 nitrogen and oxygen atoms in total. The Morgan fingerprint density at radius 2 is 1.78 bits per heavy atom. The van der Waals surface area contributed by atoms with Crippen LogP contribution in [-0.2, 0) is 40.8 Å². The highest BCUT2D eigenvalue weighted by Gasteiger charge is 2.61. The van der Waals surface area contributed by atoms with Crippen molar-refractivity contribution in [1.82, 2.24) is 29.9 Å². The number of hydrogen-bond donors (Lipinski definition) is 3. The van der Waals surface area contributed by atoms with Gasteiger partial charge in [0.2, 0.25) is 15.9 Å². The average Bonchev–Trinajstić information content (AvgIpc) is 3.58. The lowest BCUT2D eigenvalue weighted by atomic mass is 9.73. The van der Waals surface area contributed by atoms with Gasteiger partial charge in [0.05, 0.1) is 33.9 Å². The van der Waals surface area contributed by atoms with Crippen LogP contribution < -0.4 is 10.0 Å². The molecule has 1 saturated carbocycles. The Hall–Kier alpha value is -4.69. The second kappa shape index (κ2) is 13.8. The predicted molar refractivity (Wildman–Crippen MR) is 198 cm³/mol. The molecular formula is C37H33Cl2F4N7O4S. The Kier molecular flexibility index (Phi) is 9.68. The fourth-order valence-corrected chi connectivity index (χ4v) is 8.31. The largest absolute Gasteiger partial charge is 0.378 e.